The summed E-state index contributed by atoms with van der Waals surface area (Å²) in [5.41, 5.74) is 4.88. The minimum atomic E-state index is 0.157. The maximum absolute atomic E-state index is 13.2. The largest absolute Gasteiger partial charge is 0.345 e. The van der Waals surface area contributed by atoms with Gasteiger partial charge < -0.3 is 9.47 Å². The van der Waals surface area contributed by atoms with E-state index in [4.69, 9.17) is 0 Å². The predicted molar refractivity (Wildman–Crippen MR) is 123 cm³/mol. The first kappa shape index (κ1) is 20.2. The van der Waals surface area contributed by atoms with E-state index in [1.807, 2.05) is 40.6 Å². The van der Waals surface area contributed by atoms with Crippen LogP contribution < -0.4 is 0 Å². The summed E-state index contributed by atoms with van der Waals surface area (Å²) < 4.78 is 2.25. The van der Waals surface area contributed by atoms with Crippen molar-refractivity contribution in [2.24, 2.45) is 0 Å². The molecule has 2 aromatic heterocycles. The SMILES string of the molecule is Cc1ccccc1Cn1cccc1CN(Cc1ccccc1)C(=O)Cc1cccs1. The van der Waals surface area contributed by atoms with E-state index in [1.54, 1.807) is 11.3 Å². The molecule has 0 saturated carbocycles. The van der Waals surface area contributed by atoms with E-state index in [0.29, 0.717) is 19.5 Å². The standard InChI is InChI=1S/C26H26N2OS/c1-21-9-5-6-12-23(21)19-27-15-7-13-24(27)20-28(18-22-10-3-2-4-11-22)26(29)17-25-14-8-16-30-25/h2-16H,17-20H2,1H3. The van der Waals surface area contributed by atoms with E-state index in [-0.39, 0.29) is 5.91 Å². The number of aryl methyl sites for hydroxylation is 1. The third-order valence-corrected chi connectivity index (χ3v) is 6.23. The van der Waals surface area contributed by atoms with Crippen LogP contribution >= 0.6 is 11.3 Å². The fourth-order valence-electron chi connectivity index (χ4n) is 3.62. The van der Waals surface area contributed by atoms with Crippen LogP contribution in [0, 0.1) is 6.92 Å². The molecule has 4 aromatic rings. The van der Waals surface area contributed by atoms with Crippen molar-refractivity contribution in [1.82, 2.24) is 9.47 Å². The number of benzene rings is 2. The lowest BCUT2D eigenvalue weighted by Crippen LogP contribution is -2.32. The van der Waals surface area contributed by atoms with Gasteiger partial charge in [-0.25, -0.2) is 0 Å². The van der Waals surface area contributed by atoms with Crippen molar-refractivity contribution < 1.29 is 4.79 Å². The van der Waals surface area contributed by atoms with E-state index in [0.717, 1.165) is 22.7 Å². The average molecular weight is 415 g/mol. The summed E-state index contributed by atoms with van der Waals surface area (Å²) in [5, 5.41) is 2.03. The molecular formula is C26H26N2OS. The summed E-state index contributed by atoms with van der Waals surface area (Å²) in [6, 6.07) is 26.9. The molecule has 0 saturated heterocycles. The third kappa shape index (κ3) is 5.08. The Labute approximate surface area is 182 Å². The van der Waals surface area contributed by atoms with Crippen LogP contribution in [0.5, 0.6) is 0 Å². The number of amides is 1. The first-order valence-corrected chi connectivity index (χ1v) is 11.1. The Morgan fingerprint density at radius 2 is 1.70 bits per heavy atom. The van der Waals surface area contributed by atoms with Crippen molar-refractivity contribution >= 4 is 17.2 Å². The Kier molecular flexibility index (Phi) is 6.45. The second-order valence-electron chi connectivity index (χ2n) is 7.55. The number of hydrogen-bond acceptors (Lipinski definition) is 2. The Bertz CT molecular complexity index is 1080. The lowest BCUT2D eigenvalue weighted by atomic mass is 10.1. The second kappa shape index (κ2) is 9.59. The molecule has 0 N–H and O–H groups in total. The molecule has 30 heavy (non-hydrogen) atoms. The third-order valence-electron chi connectivity index (χ3n) is 5.35. The minimum absolute atomic E-state index is 0.157. The molecule has 0 atom stereocenters. The molecule has 0 aliphatic heterocycles. The first-order chi connectivity index (χ1) is 14.7. The highest BCUT2D eigenvalue weighted by Gasteiger charge is 2.17. The van der Waals surface area contributed by atoms with Gasteiger partial charge in [-0.3, -0.25) is 4.79 Å². The molecule has 152 valence electrons. The van der Waals surface area contributed by atoms with Crippen molar-refractivity contribution in [1.29, 1.82) is 0 Å². The van der Waals surface area contributed by atoms with Crippen LogP contribution in [0.2, 0.25) is 0 Å². The van der Waals surface area contributed by atoms with Crippen LogP contribution in [0.4, 0.5) is 0 Å². The zero-order valence-corrected chi connectivity index (χ0v) is 18.0. The fraction of sp³-hybridized carbons (Fsp3) is 0.192. The molecule has 0 aliphatic carbocycles. The molecule has 1 amide bonds. The van der Waals surface area contributed by atoms with Crippen molar-refractivity contribution in [2.45, 2.75) is 33.0 Å². The average Bonchev–Trinajstić information content (AvgIpc) is 3.42. The minimum Gasteiger partial charge on any atom is -0.345 e. The smallest absolute Gasteiger partial charge is 0.228 e. The zero-order chi connectivity index (χ0) is 20.8. The molecule has 4 heteroatoms. The number of carbonyl (C=O) groups is 1. The Morgan fingerprint density at radius 1 is 0.900 bits per heavy atom. The molecule has 0 bridgehead atoms. The maximum atomic E-state index is 13.2. The molecule has 0 fully saturated rings. The van der Waals surface area contributed by atoms with Crippen LogP contribution in [0.3, 0.4) is 0 Å². The summed E-state index contributed by atoms with van der Waals surface area (Å²) in [5.74, 6) is 0.157. The molecule has 0 aliphatic rings. The monoisotopic (exact) mass is 414 g/mol. The Hall–Kier alpha value is -3.11. The zero-order valence-electron chi connectivity index (χ0n) is 17.2. The normalized spacial score (nSPS) is 10.8. The number of rotatable bonds is 8. The maximum Gasteiger partial charge on any atom is 0.228 e. The molecule has 0 radical (unpaired) electrons. The number of hydrogen-bond donors (Lipinski definition) is 0. The predicted octanol–water partition coefficient (Wildman–Crippen LogP) is 5.68. The van der Waals surface area contributed by atoms with E-state index in [9.17, 15) is 4.79 Å². The lowest BCUT2D eigenvalue weighted by molar-refractivity contribution is -0.131. The fourth-order valence-corrected chi connectivity index (χ4v) is 4.32. The number of aromatic nitrogens is 1. The van der Waals surface area contributed by atoms with Crippen LogP contribution in [0.1, 0.15) is 27.3 Å². The lowest BCUT2D eigenvalue weighted by Gasteiger charge is -2.24. The molecule has 2 aromatic carbocycles. The summed E-state index contributed by atoms with van der Waals surface area (Å²) in [6.07, 6.45) is 2.55. The van der Waals surface area contributed by atoms with Gasteiger partial charge in [-0.05, 0) is 47.2 Å². The van der Waals surface area contributed by atoms with Crippen molar-refractivity contribution in [2.75, 3.05) is 0 Å². The van der Waals surface area contributed by atoms with Gasteiger partial charge in [-0.1, -0.05) is 60.7 Å². The highest BCUT2D eigenvalue weighted by Crippen LogP contribution is 2.17. The van der Waals surface area contributed by atoms with Crippen molar-refractivity contribution in [3.05, 3.63) is 118 Å². The van der Waals surface area contributed by atoms with Gasteiger partial charge in [-0.15, -0.1) is 11.3 Å². The molecule has 2 heterocycles. The molecule has 3 nitrogen and oxygen atoms in total. The molecule has 0 unspecified atom stereocenters. The van der Waals surface area contributed by atoms with Crippen molar-refractivity contribution in [3.8, 4) is 0 Å². The van der Waals surface area contributed by atoms with E-state index < -0.39 is 0 Å². The van der Waals surface area contributed by atoms with Gasteiger partial charge in [-0.2, -0.15) is 0 Å². The van der Waals surface area contributed by atoms with Crippen LogP contribution in [0.15, 0.2) is 90.4 Å². The second-order valence-corrected chi connectivity index (χ2v) is 8.58. The Balaban J connectivity index is 1.55. The van der Waals surface area contributed by atoms with Gasteiger partial charge in [0.2, 0.25) is 5.91 Å². The van der Waals surface area contributed by atoms with Crippen molar-refractivity contribution in [3.63, 3.8) is 0 Å². The molecular weight excluding hydrogens is 388 g/mol. The quantitative estimate of drug-likeness (QED) is 0.364. The van der Waals surface area contributed by atoms with E-state index >= 15 is 0 Å². The number of carbonyl (C=O) groups excluding carboxylic acids is 1. The first-order valence-electron chi connectivity index (χ1n) is 10.2. The van der Waals surface area contributed by atoms with Crippen LogP contribution in [-0.4, -0.2) is 15.4 Å². The topological polar surface area (TPSA) is 25.2 Å². The number of thiophene rings is 1. The summed E-state index contributed by atoms with van der Waals surface area (Å²) in [7, 11) is 0. The van der Waals surface area contributed by atoms with Crippen LogP contribution in [-0.2, 0) is 30.8 Å². The summed E-state index contributed by atoms with van der Waals surface area (Å²) >= 11 is 1.64. The van der Waals surface area contributed by atoms with Gasteiger partial charge in [0, 0.05) is 29.9 Å². The summed E-state index contributed by atoms with van der Waals surface area (Å²) in [4.78, 5) is 16.3. The van der Waals surface area contributed by atoms with Crippen LogP contribution in [0.25, 0.3) is 0 Å². The van der Waals surface area contributed by atoms with E-state index in [1.165, 1.54) is 11.1 Å². The van der Waals surface area contributed by atoms with Gasteiger partial charge in [0.25, 0.3) is 0 Å². The number of nitrogens with zero attached hydrogens (tertiary/aromatic N) is 2. The van der Waals surface area contributed by atoms with Gasteiger partial charge in [0.05, 0.1) is 13.0 Å². The highest BCUT2D eigenvalue weighted by atomic mass is 32.1. The van der Waals surface area contributed by atoms with Gasteiger partial charge in [0.15, 0.2) is 0 Å². The van der Waals surface area contributed by atoms with E-state index in [2.05, 4.69) is 66.2 Å². The summed E-state index contributed by atoms with van der Waals surface area (Å²) in [6.45, 7) is 4.16. The van der Waals surface area contributed by atoms with Gasteiger partial charge >= 0.3 is 0 Å². The molecule has 4 rings (SSSR count). The van der Waals surface area contributed by atoms with Gasteiger partial charge in [0.1, 0.15) is 0 Å². The molecule has 0 spiro atoms. The Morgan fingerprint density at radius 3 is 2.47 bits per heavy atom. The highest BCUT2D eigenvalue weighted by molar-refractivity contribution is 7.10.